The molecule has 7 nitrogen and oxygen atoms in total. The number of hydrogen-bond acceptors (Lipinski definition) is 7. The Kier molecular flexibility index (Phi) is 5.25. The Morgan fingerprint density at radius 1 is 1.00 bits per heavy atom. The van der Waals surface area contributed by atoms with E-state index in [2.05, 4.69) is 20.5 Å². The van der Waals surface area contributed by atoms with Crippen LogP contribution in [0.2, 0.25) is 0 Å². The number of aromatic nitrogens is 3. The van der Waals surface area contributed by atoms with Gasteiger partial charge in [-0.1, -0.05) is 42.5 Å². The predicted molar refractivity (Wildman–Crippen MR) is 124 cm³/mol. The van der Waals surface area contributed by atoms with Crippen LogP contribution in [0.25, 0.3) is 0 Å². The molecular formula is C25H24N6O. The number of hydrogen-bond donors (Lipinski definition) is 2. The number of nitrogens with one attached hydrogen (secondary N) is 1. The predicted octanol–water partition coefficient (Wildman–Crippen LogP) is 4.56. The van der Waals surface area contributed by atoms with E-state index in [0.29, 0.717) is 24.6 Å². The van der Waals surface area contributed by atoms with Crippen LogP contribution in [0.4, 0.5) is 11.4 Å². The zero-order chi connectivity index (χ0) is 22.0. The van der Waals surface area contributed by atoms with Gasteiger partial charge in [0.25, 0.3) is 0 Å². The summed E-state index contributed by atoms with van der Waals surface area (Å²) in [4.78, 5) is 9.03. The van der Waals surface area contributed by atoms with E-state index in [0.717, 1.165) is 28.2 Å². The van der Waals surface area contributed by atoms with E-state index >= 15 is 0 Å². The summed E-state index contributed by atoms with van der Waals surface area (Å²) in [5.74, 6) is 0.904. The van der Waals surface area contributed by atoms with Crippen LogP contribution in [-0.4, -0.2) is 20.9 Å². The molecule has 0 spiro atoms. The molecule has 0 fully saturated rings. The monoisotopic (exact) mass is 424 g/mol. The van der Waals surface area contributed by atoms with Crippen molar-refractivity contribution in [3.63, 3.8) is 0 Å². The Bertz CT molecular complexity index is 1230. The van der Waals surface area contributed by atoms with Crippen LogP contribution < -0.4 is 11.1 Å². The van der Waals surface area contributed by atoms with Crippen molar-refractivity contribution in [3.05, 3.63) is 102 Å². The number of pyridine rings is 1. The number of aliphatic imine (C=N–C) groups is 1. The largest absolute Gasteiger partial charge is 0.421 e. The second kappa shape index (κ2) is 8.36. The third kappa shape index (κ3) is 4.15. The van der Waals surface area contributed by atoms with E-state index < -0.39 is 5.54 Å². The zero-order valence-electron chi connectivity index (χ0n) is 17.8. The molecule has 0 radical (unpaired) electrons. The summed E-state index contributed by atoms with van der Waals surface area (Å²) in [6.07, 6.45) is 4.72. The molecule has 4 aromatic rings. The first-order chi connectivity index (χ1) is 15.6. The SMILES string of the molecule is C[C@@](N)(Cc1ccccc1)c1nnc(C2CC(c3ccncc3)=Nc3ccccc3N2)o1. The Hall–Kier alpha value is -3.84. The van der Waals surface area contributed by atoms with E-state index in [1.54, 1.807) is 12.4 Å². The summed E-state index contributed by atoms with van der Waals surface area (Å²) in [5, 5.41) is 12.2. The van der Waals surface area contributed by atoms with Crippen molar-refractivity contribution in [2.24, 2.45) is 10.7 Å². The second-order valence-electron chi connectivity index (χ2n) is 8.24. The van der Waals surface area contributed by atoms with Crippen molar-refractivity contribution < 1.29 is 4.42 Å². The van der Waals surface area contributed by atoms with Gasteiger partial charge in [-0.3, -0.25) is 9.98 Å². The average Bonchev–Trinajstić information content (AvgIpc) is 3.23. The molecule has 0 amide bonds. The molecule has 3 N–H and O–H groups in total. The summed E-state index contributed by atoms with van der Waals surface area (Å²) in [5.41, 5.74) is 10.7. The standard InChI is InChI=1S/C25H24N6O/c1-25(26,16-17-7-3-2-4-8-17)24-31-30-23(32-24)22-15-21(18-11-13-27-14-12-18)28-19-9-5-6-10-20(19)29-22/h2-14,22,29H,15-16,26H2,1H3/t22?,25-/m1/s1. The highest BCUT2D eigenvalue weighted by Gasteiger charge is 2.31. The summed E-state index contributed by atoms with van der Waals surface area (Å²) in [6.45, 7) is 1.91. The average molecular weight is 425 g/mol. The molecule has 2 aromatic heterocycles. The smallest absolute Gasteiger partial charge is 0.239 e. The minimum atomic E-state index is -0.780. The molecule has 2 aromatic carbocycles. The number of nitrogens with zero attached hydrogens (tertiary/aromatic N) is 4. The first-order valence-electron chi connectivity index (χ1n) is 10.6. The molecule has 0 aliphatic carbocycles. The number of nitrogens with two attached hydrogens (primary N) is 1. The normalized spacial score (nSPS) is 17.4. The lowest BCUT2D eigenvalue weighted by molar-refractivity contribution is 0.330. The van der Waals surface area contributed by atoms with Gasteiger partial charge in [-0.15, -0.1) is 10.2 Å². The first-order valence-corrected chi connectivity index (χ1v) is 10.6. The van der Waals surface area contributed by atoms with Gasteiger partial charge in [0.1, 0.15) is 6.04 Å². The fourth-order valence-electron chi connectivity index (χ4n) is 3.89. The molecule has 1 aliphatic rings. The fourth-order valence-corrected chi connectivity index (χ4v) is 3.89. The maximum Gasteiger partial charge on any atom is 0.239 e. The van der Waals surface area contributed by atoms with Crippen molar-refractivity contribution in [3.8, 4) is 0 Å². The van der Waals surface area contributed by atoms with Crippen molar-refractivity contribution in [1.29, 1.82) is 0 Å². The molecule has 0 saturated carbocycles. The number of anilines is 1. The molecule has 0 saturated heterocycles. The van der Waals surface area contributed by atoms with E-state index in [1.807, 2.05) is 73.7 Å². The first kappa shape index (κ1) is 20.1. The van der Waals surface area contributed by atoms with Crippen molar-refractivity contribution in [1.82, 2.24) is 15.2 Å². The van der Waals surface area contributed by atoms with Crippen LogP contribution in [0.5, 0.6) is 0 Å². The summed E-state index contributed by atoms with van der Waals surface area (Å²) < 4.78 is 6.14. The molecule has 1 unspecified atom stereocenters. The van der Waals surface area contributed by atoms with Gasteiger partial charge < -0.3 is 15.5 Å². The Balaban J connectivity index is 1.46. The molecule has 160 valence electrons. The lowest BCUT2D eigenvalue weighted by atomic mass is 9.94. The van der Waals surface area contributed by atoms with Gasteiger partial charge in [0.2, 0.25) is 11.8 Å². The van der Waals surface area contributed by atoms with Crippen LogP contribution in [0, 0.1) is 0 Å². The molecule has 3 heterocycles. The quantitative estimate of drug-likeness (QED) is 0.487. The third-order valence-electron chi connectivity index (χ3n) is 5.54. The van der Waals surface area contributed by atoms with Crippen LogP contribution in [0.1, 0.15) is 42.3 Å². The number of fused-ring (bicyclic) bond motifs is 1. The molecule has 1 aliphatic heterocycles. The summed E-state index contributed by atoms with van der Waals surface area (Å²) >= 11 is 0. The van der Waals surface area contributed by atoms with Gasteiger partial charge >= 0.3 is 0 Å². The second-order valence-corrected chi connectivity index (χ2v) is 8.24. The molecule has 2 atom stereocenters. The number of benzene rings is 2. The molecule has 0 bridgehead atoms. The maximum absolute atomic E-state index is 6.59. The minimum Gasteiger partial charge on any atom is -0.421 e. The zero-order valence-corrected chi connectivity index (χ0v) is 17.8. The number of rotatable bonds is 5. The van der Waals surface area contributed by atoms with Crippen molar-refractivity contribution in [2.75, 3.05) is 5.32 Å². The molecule has 5 rings (SSSR count). The van der Waals surface area contributed by atoms with Crippen molar-refractivity contribution >= 4 is 17.1 Å². The summed E-state index contributed by atoms with van der Waals surface area (Å²) in [6, 6.07) is 21.7. The van der Waals surface area contributed by atoms with Gasteiger partial charge in [0.05, 0.1) is 22.6 Å². The Morgan fingerprint density at radius 2 is 1.75 bits per heavy atom. The van der Waals surface area contributed by atoms with E-state index in [9.17, 15) is 0 Å². The molecular weight excluding hydrogens is 400 g/mol. The molecule has 7 heteroatoms. The van der Waals surface area contributed by atoms with Gasteiger partial charge in [-0.25, -0.2) is 0 Å². The Labute approximate surface area is 186 Å². The van der Waals surface area contributed by atoms with Crippen LogP contribution in [0.3, 0.4) is 0 Å². The topological polar surface area (TPSA) is 102 Å². The molecule has 32 heavy (non-hydrogen) atoms. The van der Waals surface area contributed by atoms with Gasteiger partial charge in [-0.2, -0.15) is 0 Å². The van der Waals surface area contributed by atoms with Crippen molar-refractivity contribution in [2.45, 2.75) is 31.3 Å². The van der Waals surface area contributed by atoms with Gasteiger partial charge in [0, 0.05) is 18.8 Å². The number of para-hydroxylation sites is 2. The van der Waals surface area contributed by atoms with E-state index in [-0.39, 0.29) is 6.04 Å². The third-order valence-corrected chi connectivity index (χ3v) is 5.54. The van der Waals surface area contributed by atoms with E-state index in [4.69, 9.17) is 15.1 Å². The minimum absolute atomic E-state index is 0.237. The van der Waals surface area contributed by atoms with Gasteiger partial charge in [-0.05, 0) is 48.7 Å². The highest BCUT2D eigenvalue weighted by molar-refractivity contribution is 6.03. The van der Waals surface area contributed by atoms with Crippen LogP contribution in [0.15, 0.2) is 88.5 Å². The van der Waals surface area contributed by atoms with E-state index in [1.165, 1.54) is 0 Å². The highest BCUT2D eigenvalue weighted by atomic mass is 16.4. The lowest BCUT2D eigenvalue weighted by Gasteiger charge is -2.20. The lowest BCUT2D eigenvalue weighted by Crippen LogP contribution is -2.36. The van der Waals surface area contributed by atoms with Crippen LogP contribution in [-0.2, 0) is 12.0 Å². The highest BCUT2D eigenvalue weighted by Crippen LogP contribution is 2.35. The Morgan fingerprint density at radius 3 is 2.56 bits per heavy atom. The van der Waals surface area contributed by atoms with Crippen LogP contribution >= 0.6 is 0 Å². The van der Waals surface area contributed by atoms with Gasteiger partial charge in [0.15, 0.2) is 0 Å². The maximum atomic E-state index is 6.59. The fraction of sp³-hybridized carbons (Fsp3) is 0.200. The summed E-state index contributed by atoms with van der Waals surface area (Å²) in [7, 11) is 0.